The maximum Gasteiger partial charge on any atom is 0.278 e. The first-order chi connectivity index (χ1) is 13.5. The number of rotatable bonds is 7. The van der Waals surface area contributed by atoms with E-state index >= 15 is 0 Å². The average Bonchev–Trinajstić information content (AvgIpc) is 2.92. The van der Waals surface area contributed by atoms with Crippen molar-refractivity contribution in [3.05, 3.63) is 58.2 Å². The van der Waals surface area contributed by atoms with Crippen molar-refractivity contribution in [2.24, 2.45) is 0 Å². The summed E-state index contributed by atoms with van der Waals surface area (Å²) in [6.07, 6.45) is 0.681. The van der Waals surface area contributed by atoms with E-state index in [1.165, 1.54) is 12.0 Å². The van der Waals surface area contributed by atoms with E-state index in [9.17, 15) is 9.59 Å². The molecule has 3 rings (SSSR count). The highest BCUT2D eigenvalue weighted by molar-refractivity contribution is 9.10. The minimum atomic E-state index is -0.336. The summed E-state index contributed by atoms with van der Waals surface area (Å²) in [5.41, 5.74) is 1.87. The van der Waals surface area contributed by atoms with Crippen molar-refractivity contribution in [3.8, 4) is 11.5 Å². The summed E-state index contributed by atoms with van der Waals surface area (Å²) in [7, 11) is 3.08. The molecule has 1 aliphatic heterocycles. The maximum atomic E-state index is 13.1. The smallest absolute Gasteiger partial charge is 0.278 e. The fourth-order valence-electron chi connectivity index (χ4n) is 3.09. The lowest BCUT2D eigenvalue weighted by molar-refractivity contribution is -0.136. The van der Waals surface area contributed by atoms with Gasteiger partial charge in [0, 0.05) is 16.7 Å². The second-order valence-corrected chi connectivity index (χ2v) is 7.13. The van der Waals surface area contributed by atoms with Crippen molar-refractivity contribution in [1.82, 2.24) is 4.90 Å². The summed E-state index contributed by atoms with van der Waals surface area (Å²) in [6, 6.07) is 12.6. The van der Waals surface area contributed by atoms with Crippen LogP contribution in [0.5, 0.6) is 11.5 Å². The molecule has 7 heteroatoms. The van der Waals surface area contributed by atoms with Gasteiger partial charge in [-0.3, -0.25) is 14.5 Å². The first-order valence-electron chi connectivity index (χ1n) is 8.85. The van der Waals surface area contributed by atoms with E-state index < -0.39 is 0 Å². The number of hydrogen-bond donors (Lipinski definition) is 1. The Morgan fingerprint density at radius 2 is 1.75 bits per heavy atom. The number of amides is 2. The Hall–Kier alpha value is -2.80. The lowest BCUT2D eigenvalue weighted by Crippen LogP contribution is -2.33. The highest BCUT2D eigenvalue weighted by Crippen LogP contribution is 2.35. The second kappa shape index (κ2) is 8.48. The summed E-state index contributed by atoms with van der Waals surface area (Å²) in [5.74, 6) is 0.382. The Labute approximate surface area is 172 Å². The molecule has 0 saturated heterocycles. The van der Waals surface area contributed by atoms with Crippen LogP contribution in [0.2, 0.25) is 0 Å². The first kappa shape index (κ1) is 19.9. The third-order valence-corrected chi connectivity index (χ3v) is 4.87. The Morgan fingerprint density at radius 3 is 2.39 bits per heavy atom. The monoisotopic (exact) mass is 444 g/mol. The molecule has 28 heavy (non-hydrogen) atoms. The maximum absolute atomic E-state index is 13.1. The molecule has 1 N–H and O–H groups in total. The van der Waals surface area contributed by atoms with E-state index in [1.54, 1.807) is 25.3 Å². The van der Waals surface area contributed by atoms with Crippen molar-refractivity contribution >= 4 is 39.0 Å². The summed E-state index contributed by atoms with van der Waals surface area (Å²) in [6.45, 7) is 2.29. The van der Waals surface area contributed by atoms with Gasteiger partial charge in [-0.1, -0.05) is 35.0 Å². The number of benzene rings is 2. The minimum absolute atomic E-state index is 0.253. The van der Waals surface area contributed by atoms with Crippen LogP contribution >= 0.6 is 15.9 Å². The standard InChI is InChI=1S/C21H21BrN2O4/c1-4-10-24-20(25)18(13-8-9-16(27-2)17(11-13)28-3)19(21(24)26)23-15-7-5-6-14(22)12-15/h5-9,11-12,23H,4,10H2,1-3H3. The zero-order valence-electron chi connectivity index (χ0n) is 15.9. The Bertz CT molecular complexity index is 955. The van der Waals surface area contributed by atoms with E-state index in [4.69, 9.17) is 9.47 Å². The molecule has 2 aromatic carbocycles. The van der Waals surface area contributed by atoms with Crippen molar-refractivity contribution in [1.29, 1.82) is 0 Å². The van der Waals surface area contributed by atoms with Gasteiger partial charge < -0.3 is 14.8 Å². The fraction of sp³-hybridized carbons (Fsp3) is 0.238. The normalized spacial score (nSPS) is 13.9. The average molecular weight is 445 g/mol. The summed E-state index contributed by atoms with van der Waals surface area (Å²) < 4.78 is 11.5. The van der Waals surface area contributed by atoms with Gasteiger partial charge in [-0.05, 0) is 42.3 Å². The molecule has 1 aliphatic rings. The number of nitrogens with one attached hydrogen (secondary N) is 1. The van der Waals surface area contributed by atoms with Crippen molar-refractivity contribution in [2.45, 2.75) is 13.3 Å². The van der Waals surface area contributed by atoms with E-state index in [-0.39, 0.29) is 17.5 Å². The molecule has 0 bridgehead atoms. The molecule has 0 saturated carbocycles. The van der Waals surface area contributed by atoms with Gasteiger partial charge in [0.25, 0.3) is 11.8 Å². The molecular weight excluding hydrogens is 424 g/mol. The number of hydrogen-bond acceptors (Lipinski definition) is 5. The number of imide groups is 1. The van der Waals surface area contributed by atoms with Crippen LogP contribution in [0, 0.1) is 0 Å². The molecule has 0 aromatic heterocycles. The molecule has 0 aliphatic carbocycles. The third kappa shape index (κ3) is 3.75. The van der Waals surface area contributed by atoms with Crippen molar-refractivity contribution in [2.75, 3.05) is 26.1 Å². The van der Waals surface area contributed by atoms with Crippen LogP contribution in [0.4, 0.5) is 5.69 Å². The predicted molar refractivity (Wildman–Crippen MR) is 111 cm³/mol. The van der Waals surface area contributed by atoms with Crippen LogP contribution in [0.1, 0.15) is 18.9 Å². The quantitative estimate of drug-likeness (QED) is 0.651. The lowest BCUT2D eigenvalue weighted by Gasteiger charge is -2.14. The number of ether oxygens (including phenoxy) is 2. The summed E-state index contributed by atoms with van der Waals surface area (Å²) in [5, 5.41) is 3.13. The van der Waals surface area contributed by atoms with Crippen molar-refractivity contribution < 1.29 is 19.1 Å². The SMILES string of the molecule is CCCN1C(=O)C(Nc2cccc(Br)c2)=C(c2ccc(OC)c(OC)c2)C1=O. The molecule has 6 nitrogen and oxygen atoms in total. The number of carbonyl (C=O) groups excluding carboxylic acids is 2. The molecule has 2 amide bonds. The zero-order chi connectivity index (χ0) is 20.3. The molecule has 0 fully saturated rings. The van der Waals surface area contributed by atoms with Crippen LogP contribution in [0.25, 0.3) is 5.57 Å². The van der Waals surface area contributed by atoms with Gasteiger partial charge in [0.05, 0.1) is 19.8 Å². The number of halogens is 1. The molecule has 146 valence electrons. The molecule has 1 heterocycles. The number of methoxy groups -OCH3 is 2. The highest BCUT2D eigenvalue weighted by Gasteiger charge is 2.39. The molecule has 0 atom stereocenters. The molecule has 0 unspecified atom stereocenters. The topological polar surface area (TPSA) is 67.9 Å². The van der Waals surface area contributed by atoms with Gasteiger partial charge in [0.2, 0.25) is 0 Å². The van der Waals surface area contributed by atoms with E-state index in [0.717, 1.165) is 4.47 Å². The van der Waals surface area contributed by atoms with Gasteiger partial charge in [0.1, 0.15) is 5.70 Å². The lowest BCUT2D eigenvalue weighted by atomic mass is 10.0. The van der Waals surface area contributed by atoms with Gasteiger partial charge >= 0.3 is 0 Å². The molecular formula is C21H21BrN2O4. The van der Waals surface area contributed by atoms with Crippen LogP contribution in [0.3, 0.4) is 0 Å². The zero-order valence-corrected chi connectivity index (χ0v) is 17.5. The van der Waals surface area contributed by atoms with Crippen molar-refractivity contribution in [3.63, 3.8) is 0 Å². The predicted octanol–water partition coefficient (Wildman–Crippen LogP) is 4.07. The fourth-order valence-corrected chi connectivity index (χ4v) is 3.49. The van der Waals surface area contributed by atoms with E-state index in [1.807, 2.05) is 31.2 Å². The second-order valence-electron chi connectivity index (χ2n) is 6.22. The van der Waals surface area contributed by atoms with Crippen LogP contribution in [0.15, 0.2) is 52.6 Å². The van der Waals surface area contributed by atoms with E-state index in [0.29, 0.717) is 41.3 Å². The van der Waals surface area contributed by atoms with Gasteiger partial charge in [-0.25, -0.2) is 0 Å². The largest absolute Gasteiger partial charge is 0.493 e. The van der Waals surface area contributed by atoms with E-state index in [2.05, 4.69) is 21.2 Å². The summed E-state index contributed by atoms with van der Waals surface area (Å²) in [4.78, 5) is 27.3. The molecule has 2 aromatic rings. The van der Waals surface area contributed by atoms with Gasteiger partial charge in [0.15, 0.2) is 11.5 Å². The highest BCUT2D eigenvalue weighted by atomic mass is 79.9. The molecule has 0 radical (unpaired) electrons. The van der Waals surface area contributed by atoms with Gasteiger partial charge in [-0.15, -0.1) is 0 Å². The Balaban J connectivity index is 2.11. The van der Waals surface area contributed by atoms with Gasteiger partial charge in [-0.2, -0.15) is 0 Å². The molecule has 0 spiro atoms. The summed E-state index contributed by atoms with van der Waals surface area (Å²) >= 11 is 3.42. The number of anilines is 1. The number of nitrogens with zero attached hydrogens (tertiary/aromatic N) is 1. The van der Waals surface area contributed by atoms with Crippen LogP contribution in [-0.4, -0.2) is 37.5 Å². The first-order valence-corrected chi connectivity index (χ1v) is 9.64. The Kier molecular flexibility index (Phi) is 6.04. The van der Waals surface area contributed by atoms with Crippen LogP contribution in [-0.2, 0) is 9.59 Å². The van der Waals surface area contributed by atoms with Crippen LogP contribution < -0.4 is 14.8 Å². The Morgan fingerprint density at radius 1 is 1.00 bits per heavy atom. The number of carbonyl (C=O) groups is 2. The minimum Gasteiger partial charge on any atom is -0.493 e. The third-order valence-electron chi connectivity index (χ3n) is 4.38.